The van der Waals surface area contributed by atoms with Crippen molar-refractivity contribution in [3.8, 4) is 69.0 Å². The van der Waals surface area contributed by atoms with E-state index in [0.29, 0.717) is 160 Å². The van der Waals surface area contributed by atoms with Crippen molar-refractivity contribution in [2.45, 2.75) is 85.5 Å². The van der Waals surface area contributed by atoms with E-state index < -0.39 is 17.4 Å². The number of rotatable bonds is 16. The average Bonchev–Trinajstić information content (AvgIpc) is 0.777. The van der Waals surface area contributed by atoms with Crippen molar-refractivity contribution >= 4 is 84.6 Å². The van der Waals surface area contributed by atoms with Crippen LogP contribution in [-0.4, -0.2) is 68.5 Å². The van der Waals surface area contributed by atoms with Crippen LogP contribution in [0.3, 0.4) is 0 Å². The van der Waals surface area contributed by atoms with Gasteiger partial charge in [0.2, 0.25) is 0 Å². The van der Waals surface area contributed by atoms with E-state index in [-0.39, 0.29) is 63.2 Å². The van der Waals surface area contributed by atoms with Crippen LogP contribution in [0, 0.1) is 11.6 Å². The topological polar surface area (TPSA) is 378 Å². The second kappa shape index (κ2) is 42.5. The maximum absolute atomic E-state index is 14.2. The van der Waals surface area contributed by atoms with Gasteiger partial charge in [-0.05, 0) is 214 Å². The SMILES string of the molecule is C.C=C1C=C(CCN)c2cc(Cl)c(O)cc2O1.C=C1C=C(CCN)c2cc(F)c(O)c(Cc3ccccc3)c2O1.C=C1C=C(CCN)c2cc(F)c(O)cc2O1.C=C1C=C(CCN)c2ccc(O)c(Cl)c2O1.C=C1C=C(CCN)c2ccc(O)cc2O1.CCCc1cc2cc(Cl)c(O)cc2oc1=O.CCCc1cc2ccc(O)cc2oc1=O. The zero-order chi connectivity index (χ0) is 84.9. The smallest absolute Gasteiger partial charge is 0.339 e. The Kier molecular flexibility index (Phi) is 32.9. The van der Waals surface area contributed by atoms with Crippen LogP contribution < -0.4 is 63.6 Å². The molecule has 0 spiro atoms. The molecule has 2 aromatic heterocycles. The Bertz CT molecular complexity index is 5620. The molecule has 0 amide bonds. The molecule has 0 saturated carbocycles. The number of ether oxygens (including phenoxy) is 5. The molecule has 0 bridgehead atoms. The lowest BCUT2D eigenvalue weighted by molar-refractivity contribution is 0.401. The molecule has 0 saturated heterocycles. The van der Waals surface area contributed by atoms with Crippen LogP contribution in [-0.2, 0) is 19.3 Å². The fourth-order valence-corrected chi connectivity index (χ4v) is 13.3. The second-order valence-corrected chi connectivity index (χ2v) is 28.0. The van der Waals surface area contributed by atoms with Crippen molar-refractivity contribution in [3.63, 3.8) is 0 Å². The van der Waals surface area contributed by atoms with Crippen LogP contribution in [0.15, 0.2) is 244 Å². The highest BCUT2D eigenvalue weighted by Gasteiger charge is 2.27. The summed E-state index contributed by atoms with van der Waals surface area (Å²) < 4.78 is 64.9. The van der Waals surface area contributed by atoms with Gasteiger partial charge in [0.05, 0.1) is 10.0 Å². The molecule has 0 aliphatic carbocycles. The molecular formula is C92H94Cl3F2N5O16. The number of allylic oxidation sites excluding steroid dienone is 5. The molecule has 26 heteroatoms. The van der Waals surface area contributed by atoms with E-state index in [2.05, 4.69) is 32.9 Å². The lowest BCUT2D eigenvalue weighted by Gasteiger charge is -2.23. The lowest BCUT2D eigenvalue weighted by atomic mass is 9.93. The van der Waals surface area contributed by atoms with Gasteiger partial charge in [-0.1, -0.05) is 132 Å². The molecule has 15 rings (SSSR count). The standard InChI is InChI=1S/C19H18FNO2.2C12H12ClNO2.C12H11ClO3.C12H12FNO2.C12H13NO2.C12H12O3.CH4/c1-12-9-14(7-8-21)15-11-17(20)18(22)16(19(15)23-12)10-13-5-3-2-4-6-13;1-7-4-8(2-3-14)9-5-10(13)11(15)6-12(9)16-7;1-7-6-8(4-5-14)9-2-3-10(15)11(13)12(9)16-7;1-2-3-7-4-8-5-9(13)10(14)6-11(8)16-12(7)15;1-7-4-8(2-3-14)9-5-10(13)11(15)6-12(9)16-7;1-8-6-9(4-5-13)11-3-2-10(14)7-12(11)15-8;1-2-3-9-6-8-4-5-10(13)7-11(8)15-12(9)14;/h2-6,9,11,22H,1,7-8,10,21H2;4-6,15H,1-3,14H2;2-3,6,15H,1,4-5,14H2;4-6,14H,2-3H2,1H3;4-6,15H,1-3,14H2;2-3,6-7,14H,1,4-5,13H2;4-7,13H,2-3H2,1H3;1H4. The summed E-state index contributed by atoms with van der Waals surface area (Å²) in [4.78, 5) is 23.0. The Labute approximate surface area is 696 Å². The molecule has 0 radical (unpaired) electrons. The van der Waals surface area contributed by atoms with Gasteiger partial charge in [-0.3, -0.25) is 0 Å². The molecule has 0 unspecified atom stereocenters. The third-order valence-electron chi connectivity index (χ3n) is 18.0. The third kappa shape index (κ3) is 23.5. The summed E-state index contributed by atoms with van der Waals surface area (Å²) in [5.74, 6) is 3.16. The van der Waals surface area contributed by atoms with Gasteiger partial charge in [-0.15, -0.1) is 0 Å². The number of benzene rings is 8. The molecule has 10 aromatic rings. The number of aromatic hydroxyl groups is 7. The van der Waals surface area contributed by atoms with E-state index in [0.717, 1.165) is 99.4 Å². The first-order valence-electron chi connectivity index (χ1n) is 37.1. The summed E-state index contributed by atoms with van der Waals surface area (Å²) in [6, 6.07) is 36.2. The van der Waals surface area contributed by atoms with Crippen LogP contribution in [0.25, 0.3) is 49.8 Å². The van der Waals surface area contributed by atoms with Crippen molar-refractivity contribution in [2.75, 3.05) is 32.7 Å². The lowest BCUT2D eigenvalue weighted by Crippen LogP contribution is -2.10. The van der Waals surface area contributed by atoms with Crippen molar-refractivity contribution in [1.29, 1.82) is 0 Å². The fraction of sp³-hybridized carbons (Fsp3) is 0.196. The third-order valence-corrected chi connectivity index (χ3v) is 19.0. The van der Waals surface area contributed by atoms with Crippen LogP contribution >= 0.6 is 34.8 Å². The van der Waals surface area contributed by atoms with E-state index in [1.807, 2.05) is 74.5 Å². The fourth-order valence-electron chi connectivity index (χ4n) is 12.7. The molecule has 7 heterocycles. The van der Waals surface area contributed by atoms with Gasteiger partial charge in [-0.25, -0.2) is 18.4 Å². The largest absolute Gasteiger partial charge is 0.508 e. The predicted octanol–water partition coefficient (Wildman–Crippen LogP) is 19.5. The van der Waals surface area contributed by atoms with E-state index in [1.165, 1.54) is 36.4 Å². The zero-order valence-electron chi connectivity index (χ0n) is 64.3. The molecule has 0 atom stereocenters. The van der Waals surface area contributed by atoms with Crippen molar-refractivity contribution in [3.05, 3.63) is 323 Å². The molecule has 618 valence electrons. The highest BCUT2D eigenvalue weighted by Crippen LogP contribution is 2.47. The highest BCUT2D eigenvalue weighted by molar-refractivity contribution is 6.34. The van der Waals surface area contributed by atoms with E-state index in [9.17, 15) is 54.1 Å². The summed E-state index contributed by atoms with van der Waals surface area (Å²) in [5, 5.41) is 68.7. The highest BCUT2D eigenvalue weighted by atomic mass is 35.5. The molecule has 17 N–H and O–H groups in total. The van der Waals surface area contributed by atoms with Gasteiger partial charge >= 0.3 is 11.3 Å². The van der Waals surface area contributed by atoms with Crippen LogP contribution in [0.1, 0.15) is 116 Å². The minimum atomic E-state index is -0.669. The minimum absolute atomic E-state index is 0. The average molecular weight is 1670 g/mol. The summed E-state index contributed by atoms with van der Waals surface area (Å²) in [5.41, 5.74) is 39.4. The van der Waals surface area contributed by atoms with Crippen molar-refractivity contribution in [2.24, 2.45) is 28.7 Å². The number of aryl methyl sites for hydroxylation is 2. The van der Waals surface area contributed by atoms with Gasteiger partial charge in [0, 0.05) is 92.0 Å². The Morgan fingerprint density at radius 1 is 0.390 bits per heavy atom. The number of fused-ring (bicyclic) bond motifs is 7. The van der Waals surface area contributed by atoms with Gasteiger partial charge in [0.15, 0.2) is 28.9 Å². The van der Waals surface area contributed by atoms with Crippen LogP contribution in [0.5, 0.6) is 69.0 Å². The Morgan fingerprint density at radius 3 is 1.34 bits per heavy atom. The first-order chi connectivity index (χ1) is 56.0. The molecule has 0 fully saturated rings. The zero-order valence-corrected chi connectivity index (χ0v) is 66.6. The number of phenolic OH excluding ortho intramolecular Hbond substituents is 7. The van der Waals surface area contributed by atoms with E-state index >= 15 is 0 Å². The monoisotopic (exact) mass is 1670 g/mol. The Balaban J connectivity index is 0.000000172. The van der Waals surface area contributed by atoms with E-state index in [4.69, 9.17) is 96.0 Å². The Hall–Kier alpha value is -12.3. The van der Waals surface area contributed by atoms with E-state index in [1.54, 1.807) is 66.7 Å². The molecule has 21 nitrogen and oxygen atoms in total. The molecule has 118 heavy (non-hydrogen) atoms. The predicted molar refractivity (Wildman–Crippen MR) is 465 cm³/mol. The maximum Gasteiger partial charge on any atom is 0.339 e. The molecule has 5 aliphatic rings. The second-order valence-electron chi connectivity index (χ2n) is 26.8. The molecule has 5 aliphatic heterocycles. The van der Waals surface area contributed by atoms with Gasteiger partial charge < -0.3 is 96.9 Å². The number of nitrogens with two attached hydrogens (primary N) is 5. The first-order valence-corrected chi connectivity index (χ1v) is 38.2. The summed E-state index contributed by atoms with van der Waals surface area (Å²) in [7, 11) is 0. The summed E-state index contributed by atoms with van der Waals surface area (Å²) in [6.45, 7) is 25.3. The first kappa shape index (κ1) is 91.2. The van der Waals surface area contributed by atoms with Crippen molar-refractivity contribution < 1.29 is 77.0 Å². The van der Waals surface area contributed by atoms with Gasteiger partial charge in [0.1, 0.15) is 96.7 Å². The van der Waals surface area contributed by atoms with Crippen LogP contribution in [0.4, 0.5) is 8.78 Å². The summed E-state index contributed by atoms with van der Waals surface area (Å²) >= 11 is 17.6. The number of hydrogen-bond donors (Lipinski definition) is 12. The van der Waals surface area contributed by atoms with Crippen molar-refractivity contribution in [1.82, 2.24) is 0 Å². The number of halogens is 5. The maximum atomic E-state index is 14.2. The number of phenols is 7. The van der Waals surface area contributed by atoms with Gasteiger partial charge in [0.25, 0.3) is 0 Å². The molecular weight excluding hydrogens is 1580 g/mol. The minimum Gasteiger partial charge on any atom is -0.508 e. The van der Waals surface area contributed by atoms with Gasteiger partial charge in [-0.2, -0.15) is 0 Å². The summed E-state index contributed by atoms with van der Waals surface area (Å²) in [6.07, 6.45) is 16.0. The van der Waals surface area contributed by atoms with Crippen LogP contribution in [0.2, 0.25) is 15.1 Å². The normalized spacial score (nSPS) is 13.0. The quantitative estimate of drug-likeness (QED) is 0.0400. The molecule has 8 aromatic carbocycles. The Morgan fingerprint density at radius 2 is 0.805 bits per heavy atom. The number of hydrogen-bond acceptors (Lipinski definition) is 21.